The van der Waals surface area contributed by atoms with E-state index < -0.39 is 0 Å². The topological polar surface area (TPSA) is 61.4 Å². The van der Waals surface area contributed by atoms with Gasteiger partial charge in [-0.1, -0.05) is 6.42 Å². The molecule has 2 aliphatic heterocycles. The highest BCUT2D eigenvalue weighted by molar-refractivity contribution is 6.00. The number of benzene rings is 1. The summed E-state index contributed by atoms with van der Waals surface area (Å²) in [5.74, 6) is 0.957. The van der Waals surface area contributed by atoms with Gasteiger partial charge in [0.2, 0.25) is 0 Å². The van der Waals surface area contributed by atoms with Gasteiger partial charge in [-0.05, 0) is 76.4 Å². The fraction of sp³-hybridized carbons (Fsp3) is 0.591. The summed E-state index contributed by atoms with van der Waals surface area (Å²) in [7, 11) is 0. The molecule has 0 bridgehead atoms. The Kier molecular flexibility index (Phi) is 6.37. The van der Waals surface area contributed by atoms with Gasteiger partial charge in [-0.25, -0.2) is 9.97 Å². The first kappa shape index (κ1) is 19.1. The number of likely N-dealkylation sites (tertiary alicyclic amines) is 1. The molecular formula is C22H31N5O. The minimum absolute atomic E-state index is 0.00556. The predicted octanol–water partition coefficient (Wildman–Crippen LogP) is 3.23. The first-order valence-electron chi connectivity index (χ1n) is 10.8. The number of piperidine rings is 2. The van der Waals surface area contributed by atoms with Crippen molar-refractivity contribution in [3.8, 4) is 0 Å². The fourth-order valence-electron chi connectivity index (χ4n) is 4.33. The van der Waals surface area contributed by atoms with E-state index in [1.807, 2.05) is 18.2 Å². The van der Waals surface area contributed by atoms with Crippen LogP contribution in [-0.4, -0.2) is 60.0 Å². The van der Waals surface area contributed by atoms with Crippen LogP contribution in [0.3, 0.4) is 0 Å². The SMILES string of the molecule is O=C(NCCCN1CCCCC1)c1ccc2ncnc(N3CCCCC3)c2c1. The zero-order valence-corrected chi connectivity index (χ0v) is 16.7. The van der Waals surface area contributed by atoms with Crippen molar-refractivity contribution in [3.05, 3.63) is 30.1 Å². The summed E-state index contributed by atoms with van der Waals surface area (Å²) in [6.07, 6.45) is 10.3. The van der Waals surface area contributed by atoms with Crippen molar-refractivity contribution in [2.45, 2.75) is 44.9 Å². The van der Waals surface area contributed by atoms with Gasteiger partial charge in [0, 0.05) is 30.6 Å². The van der Waals surface area contributed by atoms with Crippen LogP contribution in [0.4, 0.5) is 5.82 Å². The molecule has 0 spiro atoms. The van der Waals surface area contributed by atoms with Gasteiger partial charge in [0.05, 0.1) is 5.52 Å². The molecule has 0 unspecified atom stereocenters. The number of carbonyl (C=O) groups excluding carboxylic acids is 1. The lowest BCUT2D eigenvalue weighted by atomic mass is 10.1. The normalized spacial score (nSPS) is 18.4. The first-order valence-corrected chi connectivity index (χ1v) is 10.8. The van der Waals surface area contributed by atoms with E-state index in [9.17, 15) is 4.79 Å². The van der Waals surface area contributed by atoms with Crippen LogP contribution in [0.25, 0.3) is 10.9 Å². The molecule has 3 heterocycles. The summed E-state index contributed by atoms with van der Waals surface area (Å²) < 4.78 is 0. The van der Waals surface area contributed by atoms with Crippen molar-refractivity contribution < 1.29 is 4.79 Å². The van der Waals surface area contributed by atoms with Crippen molar-refractivity contribution in [1.82, 2.24) is 20.2 Å². The largest absolute Gasteiger partial charge is 0.356 e. The molecule has 0 saturated carbocycles. The van der Waals surface area contributed by atoms with Crippen LogP contribution < -0.4 is 10.2 Å². The second kappa shape index (κ2) is 9.32. The van der Waals surface area contributed by atoms with Crippen LogP contribution in [0.15, 0.2) is 24.5 Å². The fourth-order valence-corrected chi connectivity index (χ4v) is 4.33. The summed E-state index contributed by atoms with van der Waals surface area (Å²) in [6, 6.07) is 5.77. The number of carbonyl (C=O) groups is 1. The van der Waals surface area contributed by atoms with Crippen molar-refractivity contribution in [2.75, 3.05) is 44.2 Å². The van der Waals surface area contributed by atoms with Crippen LogP contribution in [-0.2, 0) is 0 Å². The molecular weight excluding hydrogens is 350 g/mol. The Balaban J connectivity index is 1.39. The highest BCUT2D eigenvalue weighted by atomic mass is 16.1. The Morgan fingerprint density at radius 3 is 2.50 bits per heavy atom. The van der Waals surface area contributed by atoms with E-state index >= 15 is 0 Å². The van der Waals surface area contributed by atoms with Crippen molar-refractivity contribution in [1.29, 1.82) is 0 Å². The second-order valence-electron chi connectivity index (χ2n) is 7.99. The molecule has 2 aromatic rings. The average molecular weight is 382 g/mol. The maximum absolute atomic E-state index is 12.6. The zero-order valence-electron chi connectivity index (χ0n) is 16.7. The molecule has 1 aromatic carbocycles. The number of fused-ring (bicyclic) bond motifs is 1. The lowest BCUT2D eigenvalue weighted by Crippen LogP contribution is -2.33. The average Bonchev–Trinajstić information content (AvgIpc) is 2.77. The summed E-state index contributed by atoms with van der Waals surface area (Å²) in [5.41, 5.74) is 1.59. The van der Waals surface area contributed by atoms with E-state index in [4.69, 9.17) is 0 Å². The van der Waals surface area contributed by atoms with Crippen LogP contribution in [0.2, 0.25) is 0 Å². The maximum Gasteiger partial charge on any atom is 0.251 e. The Morgan fingerprint density at radius 2 is 1.71 bits per heavy atom. The molecule has 0 atom stereocenters. The molecule has 6 nitrogen and oxygen atoms in total. The minimum atomic E-state index is -0.00556. The van der Waals surface area contributed by atoms with E-state index in [1.165, 1.54) is 51.6 Å². The summed E-state index contributed by atoms with van der Waals surface area (Å²) in [6.45, 7) is 6.26. The molecule has 1 N–H and O–H groups in total. The van der Waals surface area contributed by atoms with Gasteiger partial charge in [0.1, 0.15) is 12.1 Å². The van der Waals surface area contributed by atoms with Crippen LogP contribution in [0.1, 0.15) is 55.3 Å². The Labute approximate surface area is 167 Å². The standard InChI is InChI=1S/C22H31N5O/c28-22(23-10-7-13-26-11-3-1-4-12-26)18-8-9-20-19(16-18)21(25-17-24-20)27-14-5-2-6-15-27/h8-9,16-17H,1-7,10-15H2,(H,23,28). The quantitative estimate of drug-likeness (QED) is 0.779. The highest BCUT2D eigenvalue weighted by Crippen LogP contribution is 2.26. The number of aromatic nitrogens is 2. The predicted molar refractivity (Wildman–Crippen MR) is 113 cm³/mol. The third-order valence-electron chi connectivity index (χ3n) is 5.92. The Morgan fingerprint density at radius 1 is 0.964 bits per heavy atom. The summed E-state index contributed by atoms with van der Waals surface area (Å²) in [4.78, 5) is 26.4. The van der Waals surface area contributed by atoms with Crippen molar-refractivity contribution in [3.63, 3.8) is 0 Å². The molecule has 28 heavy (non-hydrogen) atoms. The van der Waals surface area contributed by atoms with Gasteiger partial charge >= 0.3 is 0 Å². The monoisotopic (exact) mass is 381 g/mol. The Bertz CT molecular complexity index is 797. The van der Waals surface area contributed by atoms with Gasteiger partial charge in [0.25, 0.3) is 5.91 Å². The molecule has 1 amide bonds. The molecule has 6 heteroatoms. The number of nitrogens with one attached hydrogen (secondary N) is 1. The summed E-state index contributed by atoms with van der Waals surface area (Å²) in [5, 5.41) is 4.06. The first-order chi connectivity index (χ1) is 13.8. The maximum atomic E-state index is 12.6. The zero-order chi connectivity index (χ0) is 19.2. The highest BCUT2D eigenvalue weighted by Gasteiger charge is 2.17. The molecule has 150 valence electrons. The number of anilines is 1. The van der Waals surface area contributed by atoms with E-state index in [-0.39, 0.29) is 5.91 Å². The van der Waals surface area contributed by atoms with E-state index in [0.29, 0.717) is 5.56 Å². The van der Waals surface area contributed by atoms with Gasteiger partial charge < -0.3 is 15.1 Å². The van der Waals surface area contributed by atoms with Gasteiger partial charge in [-0.15, -0.1) is 0 Å². The molecule has 1 aromatic heterocycles. The molecule has 0 radical (unpaired) electrons. The molecule has 0 aliphatic carbocycles. The lowest BCUT2D eigenvalue weighted by molar-refractivity contribution is 0.0951. The van der Waals surface area contributed by atoms with Gasteiger partial charge in [0.15, 0.2) is 0 Å². The number of amides is 1. The smallest absolute Gasteiger partial charge is 0.251 e. The molecule has 2 fully saturated rings. The van der Waals surface area contributed by atoms with Crippen LogP contribution >= 0.6 is 0 Å². The third kappa shape index (κ3) is 4.61. The molecule has 4 rings (SSSR count). The minimum Gasteiger partial charge on any atom is -0.356 e. The van der Waals surface area contributed by atoms with E-state index in [2.05, 4.69) is 25.1 Å². The number of nitrogens with zero attached hydrogens (tertiary/aromatic N) is 4. The third-order valence-corrected chi connectivity index (χ3v) is 5.92. The van der Waals surface area contributed by atoms with Crippen molar-refractivity contribution >= 4 is 22.6 Å². The molecule has 2 saturated heterocycles. The Hall–Kier alpha value is -2.21. The number of rotatable bonds is 6. The molecule has 2 aliphatic rings. The second-order valence-corrected chi connectivity index (χ2v) is 7.99. The number of hydrogen-bond donors (Lipinski definition) is 1. The van der Waals surface area contributed by atoms with Crippen LogP contribution in [0, 0.1) is 0 Å². The number of hydrogen-bond acceptors (Lipinski definition) is 5. The van der Waals surface area contributed by atoms with E-state index in [1.54, 1.807) is 6.33 Å². The van der Waals surface area contributed by atoms with Gasteiger partial charge in [-0.3, -0.25) is 4.79 Å². The lowest BCUT2D eigenvalue weighted by Gasteiger charge is -2.28. The van der Waals surface area contributed by atoms with E-state index in [0.717, 1.165) is 49.3 Å². The van der Waals surface area contributed by atoms with Gasteiger partial charge in [-0.2, -0.15) is 0 Å². The van der Waals surface area contributed by atoms with Crippen LogP contribution in [0.5, 0.6) is 0 Å². The summed E-state index contributed by atoms with van der Waals surface area (Å²) >= 11 is 0. The van der Waals surface area contributed by atoms with Crippen molar-refractivity contribution in [2.24, 2.45) is 0 Å².